The van der Waals surface area contributed by atoms with E-state index >= 15 is 0 Å². The number of phenols is 1. The molecule has 4 aromatic rings. The zero-order valence-corrected chi connectivity index (χ0v) is 19.2. The second-order valence-corrected chi connectivity index (χ2v) is 8.75. The SMILES string of the molecule is Oc1ccc(N2CCN([C@H](c3ccc(Cl)cc3)c3nnnn3Cc3ccc(F)cc3)CC2)cc1. The van der Waals surface area contributed by atoms with E-state index in [1.165, 1.54) is 12.1 Å². The predicted molar refractivity (Wildman–Crippen MR) is 129 cm³/mol. The highest BCUT2D eigenvalue weighted by molar-refractivity contribution is 6.30. The zero-order chi connectivity index (χ0) is 23.5. The molecule has 1 saturated heterocycles. The van der Waals surface area contributed by atoms with Gasteiger partial charge in [0.05, 0.1) is 12.6 Å². The summed E-state index contributed by atoms with van der Waals surface area (Å²) in [5, 5.41) is 22.9. The molecule has 1 fully saturated rings. The summed E-state index contributed by atoms with van der Waals surface area (Å²) in [6.45, 7) is 3.71. The Morgan fingerprint density at radius 3 is 2.24 bits per heavy atom. The third-order valence-electron chi connectivity index (χ3n) is 6.13. The lowest BCUT2D eigenvalue weighted by atomic mass is 10.0. The summed E-state index contributed by atoms with van der Waals surface area (Å²) in [7, 11) is 0. The molecule has 0 spiro atoms. The van der Waals surface area contributed by atoms with Crippen LogP contribution in [-0.4, -0.2) is 56.4 Å². The lowest BCUT2D eigenvalue weighted by Crippen LogP contribution is -2.48. The molecule has 9 heteroatoms. The summed E-state index contributed by atoms with van der Waals surface area (Å²) in [6, 6.07) is 21.3. The second kappa shape index (κ2) is 9.79. The molecule has 1 aromatic heterocycles. The van der Waals surface area contributed by atoms with Crippen LogP contribution in [0.1, 0.15) is 23.0 Å². The number of benzene rings is 3. The van der Waals surface area contributed by atoms with Crippen LogP contribution in [0, 0.1) is 5.82 Å². The highest BCUT2D eigenvalue weighted by atomic mass is 35.5. The molecule has 0 unspecified atom stereocenters. The van der Waals surface area contributed by atoms with Crippen LogP contribution >= 0.6 is 11.6 Å². The summed E-state index contributed by atoms with van der Waals surface area (Å²) in [4.78, 5) is 4.67. The Labute approximate surface area is 202 Å². The third kappa shape index (κ3) is 4.88. The molecule has 0 bridgehead atoms. The normalized spacial score (nSPS) is 15.4. The van der Waals surface area contributed by atoms with Gasteiger partial charge < -0.3 is 10.0 Å². The number of hydrogen-bond acceptors (Lipinski definition) is 6. The van der Waals surface area contributed by atoms with E-state index in [1.807, 2.05) is 36.4 Å². The van der Waals surface area contributed by atoms with E-state index in [0.29, 0.717) is 11.6 Å². The van der Waals surface area contributed by atoms with Crippen LogP contribution in [0.2, 0.25) is 5.02 Å². The zero-order valence-electron chi connectivity index (χ0n) is 18.4. The number of anilines is 1. The Kier molecular flexibility index (Phi) is 6.42. The van der Waals surface area contributed by atoms with Crippen LogP contribution in [0.15, 0.2) is 72.8 Å². The predicted octanol–water partition coefficient (Wildman–Crippen LogP) is 4.13. The van der Waals surface area contributed by atoms with E-state index < -0.39 is 0 Å². The molecule has 7 nitrogen and oxygen atoms in total. The summed E-state index contributed by atoms with van der Waals surface area (Å²) >= 11 is 6.16. The largest absolute Gasteiger partial charge is 0.508 e. The second-order valence-electron chi connectivity index (χ2n) is 8.31. The van der Waals surface area contributed by atoms with Gasteiger partial charge in [-0.05, 0) is 70.1 Å². The van der Waals surface area contributed by atoms with Gasteiger partial charge in [-0.3, -0.25) is 4.90 Å². The molecule has 2 heterocycles. The fraction of sp³-hybridized carbons (Fsp3) is 0.240. The first-order valence-electron chi connectivity index (χ1n) is 11.1. The third-order valence-corrected chi connectivity index (χ3v) is 6.38. The standard InChI is InChI=1S/C25H24ClFN6O/c26-20-5-3-19(4-6-20)24(25-28-29-30-33(25)17-18-1-7-21(27)8-2-18)32-15-13-31(14-16-32)22-9-11-23(34)12-10-22/h1-12,24,34H,13-17H2/t24-/m1/s1. The molecule has 0 radical (unpaired) electrons. The maximum atomic E-state index is 13.4. The highest BCUT2D eigenvalue weighted by Crippen LogP contribution is 2.30. The molecular formula is C25H24ClFN6O. The van der Waals surface area contributed by atoms with Crippen molar-refractivity contribution < 1.29 is 9.50 Å². The first-order valence-corrected chi connectivity index (χ1v) is 11.5. The molecule has 1 aliphatic heterocycles. The van der Waals surface area contributed by atoms with E-state index in [2.05, 4.69) is 25.3 Å². The van der Waals surface area contributed by atoms with Gasteiger partial charge >= 0.3 is 0 Å². The smallest absolute Gasteiger partial charge is 0.173 e. The number of aromatic nitrogens is 4. The van der Waals surface area contributed by atoms with Crippen molar-refractivity contribution in [3.05, 3.63) is 101 Å². The van der Waals surface area contributed by atoms with Crippen LogP contribution in [-0.2, 0) is 6.54 Å². The van der Waals surface area contributed by atoms with Crippen molar-refractivity contribution in [3.63, 3.8) is 0 Å². The van der Waals surface area contributed by atoms with Crippen LogP contribution in [0.4, 0.5) is 10.1 Å². The number of rotatable bonds is 6. The number of tetrazole rings is 1. The minimum absolute atomic E-state index is 0.158. The Morgan fingerprint density at radius 1 is 0.882 bits per heavy atom. The van der Waals surface area contributed by atoms with E-state index in [9.17, 15) is 9.50 Å². The molecule has 0 saturated carbocycles. The molecule has 0 aliphatic carbocycles. The minimum atomic E-state index is -0.272. The van der Waals surface area contributed by atoms with Crippen LogP contribution in [0.3, 0.4) is 0 Å². The minimum Gasteiger partial charge on any atom is -0.508 e. The van der Waals surface area contributed by atoms with Gasteiger partial charge in [-0.2, -0.15) is 0 Å². The van der Waals surface area contributed by atoms with Gasteiger partial charge in [-0.25, -0.2) is 9.07 Å². The van der Waals surface area contributed by atoms with Gasteiger partial charge in [0.2, 0.25) is 0 Å². The van der Waals surface area contributed by atoms with Crippen LogP contribution in [0.25, 0.3) is 0 Å². The molecule has 174 valence electrons. The summed E-state index contributed by atoms with van der Waals surface area (Å²) in [5.74, 6) is 0.717. The average molecular weight is 479 g/mol. The quantitative estimate of drug-likeness (QED) is 0.449. The van der Waals surface area contributed by atoms with Gasteiger partial charge in [0, 0.05) is 36.9 Å². The lowest BCUT2D eigenvalue weighted by Gasteiger charge is -2.40. The average Bonchev–Trinajstić information content (AvgIpc) is 3.30. The van der Waals surface area contributed by atoms with Crippen molar-refractivity contribution in [2.24, 2.45) is 0 Å². The van der Waals surface area contributed by atoms with Crippen molar-refractivity contribution >= 4 is 17.3 Å². The number of nitrogens with zero attached hydrogens (tertiary/aromatic N) is 6. The van der Waals surface area contributed by atoms with E-state index in [0.717, 1.165) is 48.8 Å². The topological polar surface area (TPSA) is 70.3 Å². The van der Waals surface area contributed by atoms with E-state index in [-0.39, 0.29) is 17.6 Å². The van der Waals surface area contributed by atoms with Crippen LogP contribution < -0.4 is 4.90 Å². The number of phenolic OH excluding ortho intramolecular Hbond substituents is 1. The molecule has 0 amide bonds. The molecule has 1 atom stereocenters. The fourth-order valence-corrected chi connectivity index (χ4v) is 4.48. The summed E-state index contributed by atoms with van der Waals surface area (Å²) in [5.41, 5.74) is 3.06. The van der Waals surface area contributed by atoms with Gasteiger partial charge in [0.1, 0.15) is 11.6 Å². The van der Waals surface area contributed by atoms with Gasteiger partial charge in [-0.15, -0.1) is 5.10 Å². The summed E-state index contributed by atoms with van der Waals surface area (Å²) < 4.78 is 15.1. The van der Waals surface area contributed by atoms with Gasteiger partial charge in [0.25, 0.3) is 0 Å². The number of piperazine rings is 1. The molecule has 1 aliphatic rings. The number of halogens is 2. The van der Waals surface area contributed by atoms with Crippen molar-refractivity contribution in [2.75, 3.05) is 31.1 Å². The Hall–Kier alpha value is -3.49. The maximum Gasteiger partial charge on any atom is 0.173 e. The van der Waals surface area contributed by atoms with Gasteiger partial charge in [0.15, 0.2) is 5.82 Å². The van der Waals surface area contributed by atoms with Crippen molar-refractivity contribution in [3.8, 4) is 5.75 Å². The van der Waals surface area contributed by atoms with E-state index in [1.54, 1.807) is 28.9 Å². The Balaban J connectivity index is 1.41. The monoisotopic (exact) mass is 478 g/mol. The van der Waals surface area contributed by atoms with Crippen molar-refractivity contribution in [1.82, 2.24) is 25.1 Å². The highest BCUT2D eigenvalue weighted by Gasteiger charge is 2.30. The Morgan fingerprint density at radius 2 is 1.56 bits per heavy atom. The lowest BCUT2D eigenvalue weighted by molar-refractivity contribution is 0.201. The molecular weight excluding hydrogens is 455 g/mol. The number of hydrogen-bond donors (Lipinski definition) is 1. The summed E-state index contributed by atoms with van der Waals surface area (Å²) in [6.07, 6.45) is 0. The van der Waals surface area contributed by atoms with E-state index in [4.69, 9.17) is 11.6 Å². The van der Waals surface area contributed by atoms with Crippen molar-refractivity contribution in [2.45, 2.75) is 12.6 Å². The molecule has 34 heavy (non-hydrogen) atoms. The maximum absolute atomic E-state index is 13.4. The molecule has 5 rings (SSSR count). The Bertz CT molecular complexity index is 1220. The molecule has 1 N–H and O–H groups in total. The van der Waals surface area contributed by atoms with Crippen molar-refractivity contribution in [1.29, 1.82) is 0 Å². The van der Waals surface area contributed by atoms with Crippen LogP contribution in [0.5, 0.6) is 5.75 Å². The molecule has 3 aromatic carbocycles. The fourth-order valence-electron chi connectivity index (χ4n) is 4.35. The number of aromatic hydroxyl groups is 1. The van der Waals surface area contributed by atoms with Gasteiger partial charge in [-0.1, -0.05) is 35.9 Å². The first kappa shape index (κ1) is 22.3. The first-order chi connectivity index (χ1) is 16.6.